The largest absolute Gasteiger partial charge is 0.465 e. The van der Waals surface area contributed by atoms with Crippen LogP contribution < -0.4 is 0 Å². The minimum atomic E-state index is -4.23. The Balaban J connectivity index is 1.71. The Morgan fingerprint density at radius 2 is 1.69 bits per heavy atom. The maximum atomic E-state index is 14.9. The smallest absolute Gasteiger partial charge is 0.338 e. The van der Waals surface area contributed by atoms with Gasteiger partial charge in [0, 0.05) is 32.7 Å². The predicted molar refractivity (Wildman–Crippen MR) is 177 cm³/mol. The van der Waals surface area contributed by atoms with Crippen molar-refractivity contribution < 1.29 is 22.3 Å². The predicted octanol–water partition coefficient (Wildman–Crippen LogP) is 9.69. The van der Waals surface area contributed by atoms with E-state index in [1.165, 1.54) is 40.6 Å². The van der Waals surface area contributed by atoms with Crippen molar-refractivity contribution in [2.75, 3.05) is 7.11 Å². The highest BCUT2D eigenvalue weighted by Gasteiger charge is 2.30. The number of aryl methyl sites for hydroxylation is 2. The SMILES string of the molecule is [C-]#[N+]c1sccc1-c1c(-c2cccc(-c3cc(C)c(C(=O)OC)cc3Cl)c2)n(S(=O)(=O)c2ccc(C)cc2)c2ccc(F)cc12. The molecule has 0 aliphatic rings. The van der Waals surface area contributed by atoms with E-state index in [0.29, 0.717) is 54.4 Å². The molecule has 2 heterocycles. The zero-order valence-electron chi connectivity index (χ0n) is 24.3. The highest BCUT2D eigenvalue weighted by Crippen LogP contribution is 2.48. The normalized spacial score (nSPS) is 11.5. The van der Waals surface area contributed by atoms with Gasteiger partial charge in [-0.3, -0.25) is 0 Å². The zero-order valence-corrected chi connectivity index (χ0v) is 26.6. The maximum absolute atomic E-state index is 14.9. The quantitative estimate of drug-likeness (QED) is 0.132. The number of hydrogen-bond donors (Lipinski definition) is 0. The molecule has 10 heteroatoms. The number of esters is 1. The molecule has 4 aromatic carbocycles. The van der Waals surface area contributed by atoms with Crippen molar-refractivity contribution in [3.05, 3.63) is 129 Å². The summed E-state index contributed by atoms with van der Waals surface area (Å²) in [7, 11) is -2.93. The second-order valence-corrected chi connectivity index (χ2v) is 13.5. The van der Waals surface area contributed by atoms with Crippen molar-refractivity contribution in [1.82, 2.24) is 3.97 Å². The summed E-state index contributed by atoms with van der Waals surface area (Å²) in [5, 5.41) is 2.76. The molecule has 0 bridgehead atoms. The fraction of sp³-hybridized carbons (Fsp3) is 0.0857. The lowest BCUT2D eigenvalue weighted by molar-refractivity contribution is 0.0600. The van der Waals surface area contributed by atoms with Crippen molar-refractivity contribution >= 4 is 54.8 Å². The molecule has 0 amide bonds. The summed E-state index contributed by atoms with van der Waals surface area (Å²) in [6.45, 7) is 11.4. The molecule has 0 N–H and O–H groups in total. The van der Waals surface area contributed by atoms with Gasteiger partial charge in [0.25, 0.3) is 10.0 Å². The van der Waals surface area contributed by atoms with E-state index in [0.717, 1.165) is 5.56 Å². The second-order valence-electron chi connectivity index (χ2n) is 10.4. The average Bonchev–Trinajstić information content (AvgIpc) is 3.64. The summed E-state index contributed by atoms with van der Waals surface area (Å²) in [5.41, 5.74) is 5.14. The topological polar surface area (TPSA) is 69.7 Å². The molecule has 6 rings (SSSR count). The minimum Gasteiger partial charge on any atom is -0.465 e. The number of aromatic nitrogens is 1. The van der Waals surface area contributed by atoms with Crippen LogP contribution in [0.15, 0.2) is 95.2 Å². The maximum Gasteiger partial charge on any atom is 0.338 e. The van der Waals surface area contributed by atoms with E-state index in [2.05, 4.69) is 4.85 Å². The lowest BCUT2D eigenvalue weighted by Gasteiger charge is -2.16. The minimum absolute atomic E-state index is 0.0612. The Labute approximate surface area is 268 Å². The van der Waals surface area contributed by atoms with Gasteiger partial charge in [-0.15, -0.1) is 0 Å². The van der Waals surface area contributed by atoms with E-state index < -0.39 is 21.8 Å². The Morgan fingerprint density at radius 1 is 0.956 bits per heavy atom. The molecule has 0 spiro atoms. The van der Waals surface area contributed by atoms with Gasteiger partial charge < -0.3 is 4.74 Å². The fourth-order valence-corrected chi connectivity index (χ4v) is 7.98. The molecular weight excluding hydrogens is 631 g/mol. The van der Waals surface area contributed by atoms with Crippen LogP contribution in [0.4, 0.5) is 9.39 Å². The van der Waals surface area contributed by atoms with Crippen molar-refractivity contribution in [2.45, 2.75) is 18.7 Å². The number of methoxy groups -OCH3 is 1. The number of nitrogens with zero attached hydrogens (tertiary/aromatic N) is 2. The monoisotopic (exact) mass is 654 g/mol. The van der Waals surface area contributed by atoms with Gasteiger partial charge in [0.1, 0.15) is 5.82 Å². The molecule has 6 aromatic rings. The molecule has 6 nitrogen and oxygen atoms in total. The molecule has 0 fully saturated rings. The van der Waals surface area contributed by atoms with Crippen LogP contribution in [0.25, 0.3) is 49.3 Å². The molecule has 224 valence electrons. The standard InChI is InChI=1S/C35H24ClFN2O4S2/c1-20-8-11-25(12-9-20)45(41,42)39-31-13-10-24(37)18-29(31)32(26-14-15-44-34(26)38-3)33(39)23-7-5-6-22(17-23)28-16-21(2)27(19-30(28)36)35(40)43-4/h5-19H,1-2,4H3. The zero-order chi connectivity index (χ0) is 32.0. The van der Waals surface area contributed by atoms with Gasteiger partial charge in [0.15, 0.2) is 0 Å². The molecule has 0 aliphatic carbocycles. The third-order valence-electron chi connectivity index (χ3n) is 7.63. The van der Waals surface area contributed by atoms with Crippen LogP contribution in [-0.4, -0.2) is 25.5 Å². The van der Waals surface area contributed by atoms with Crippen LogP contribution in [0.1, 0.15) is 21.5 Å². The summed E-state index contributed by atoms with van der Waals surface area (Å²) >= 11 is 7.91. The van der Waals surface area contributed by atoms with Crippen LogP contribution in [-0.2, 0) is 14.8 Å². The first-order chi connectivity index (χ1) is 21.5. The molecule has 45 heavy (non-hydrogen) atoms. The number of rotatable bonds is 6. The van der Waals surface area contributed by atoms with E-state index in [4.69, 9.17) is 22.9 Å². The van der Waals surface area contributed by atoms with E-state index in [1.807, 2.05) is 13.0 Å². The fourth-order valence-electron chi connectivity index (χ4n) is 5.48. The Bertz CT molecular complexity index is 2300. The van der Waals surface area contributed by atoms with Crippen LogP contribution in [0.5, 0.6) is 0 Å². The number of hydrogen-bond acceptors (Lipinski definition) is 5. The van der Waals surface area contributed by atoms with Gasteiger partial charge in [0.2, 0.25) is 5.00 Å². The highest BCUT2D eigenvalue weighted by molar-refractivity contribution is 7.90. The summed E-state index contributed by atoms with van der Waals surface area (Å²) in [5.74, 6) is -1.05. The summed E-state index contributed by atoms with van der Waals surface area (Å²) in [6.07, 6.45) is 0. The molecule has 0 unspecified atom stereocenters. The van der Waals surface area contributed by atoms with Crippen LogP contribution in [0.3, 0.4) is 0 Å². The number of thiophene rings is 1. The summed E-state index contributed by atoms with van der Waals surface area (Å²) in [6, 6.07) is 22.8. The van der Waals surface area contributed by atoms with Gasteiger partial charge in [-0.25, -0.2) is 26.4 Å². The molecule has 0 saturated heterocycles. The van der Waals surface area contributed by atoms with Crippen LogP contribution in [0.2, 0.25) is 5.02 Å². The van der Waals surface area contributed by atoms with Crippen molar-refractivity contribution in [3.8, 4) is 33.5 Å². The molecule has 0 radical (unpaired) electrons. The van der Waals surface area contributed by atoms with Gasteiger partial charge >= 0.3 is 5.97 Å². The van der Waals surface area contributed by atoms with E-state index in [9.17, 15) is 17.6 Å². The van der Waals surface area contributed by atoms with Gasteiger partial charge in [0.05, 0.1) is 35.4 Å². The van der Waals surface area contributed by atoms with E-state index in [1.54, 1.807) is 73.0 Å². The lowest BCUT2D eigenvalue weighted by Crippen LogP contribution is -2.14. The number of fused-ring (bicyclic) bond motifs is 1. The van der Waals surface area contributed by atoms with Crippen molar-refractivity contribution in [2.24, 2.45) is 0 Å². The molecule has 0 aliphatic heterocycles. The third-order valence-corrected chi connectivity index (χ3v) is 10.5. The van der Waals surface area contributed by atoms with Gasteiger partial charge in [-0.2, -0.15) is 11.3 Å². The van der Waals surface area contributed by atoms with Crippen LogP contribution in [0, 0.1) is 26.2 Å². The Morgan fingerprint density at radius 3 is 2.40 bits per heavy atom. The van der Waals surface area contributed by atoms with Crippen molar-refractivity contribution in [1.29, 1.82) is 0 Å². The summed E-state index contributed by atoms with van der Waals surface area (Å²) in [4.78, 5) is 16.0. The number of benzene rings is 4. The Kier molecular flexibility index (Phi) is 7.83. The van der Waals surface area contributed by atoms with E-state index >= 15 is 0 Å². The summed E-state index contributed by atoms with van der Waals surface area (Å²) < 4.78 is 50.0. The average molecular weight is 655 g/mol. The third kappa shape index (κ3) is 5.21. The van der Waals surface area contributed by atoms with Crippen molar-refractivity contribution in [3.63, 3.8) is 0 Å². The second kappa shape index (κ2) is 11.6. The number of carbonyl (C=O) groups is 1. The number of halogens is 2. The molecule has 0 atom stereocenters. The van der Waals surface area contributed by atoms with Gasteiger partial charge in [-0.05, 0) is 78.9 Å². The molecular formula is C35H24ClFN2O4S2. The highest BCUT2D eigenvalue weighted by atomic mass is 35.5. The first kappa shape index (κ1) is 30.3. The van der Waals surface area contributed by atoms with Crippen LogP contribution >= 0.6 is 22.9 Å². The first-order valence-electron chi connectivity index (χ1n) is 13.7. The number of ether oxygens (including phenoxy) is 1. The number of carbonyl (C=O) groups excluding carboxylic acids is 1. The van der Waals surface area contributed by atoms with E-state index in [-0.39, 0.29) is 16.1 Å². The lowest BCUT2D eigenvalue weighted by atomic mass is 9.95. The molecule has 2 aromatic heterocycles. The molecule has 0 saturated carbocycles. The van der Waals surface area contributed by atoms with Gasteiger partial charge in [-0.1, -0.05) is 53.6 Å². The first-order valence-corrected chi connectivity index (χ1v) is 16.4. The Hall–Kier alpha value is -4.75.